The molecule has 0 saturated heterocycles. The molecule has 4 heteroatoms. The van der Waals surface area contributed by atoms with Crippen molar-refractivity contribution in [2.24, 2.45) is 0 Å². The highest BCUT2D eigenvalue weighted by molar-refractivity contribution is 9.11. The maximum absolute atomic E-state index is 5.92. The van der Waals surface area contributed by atoms with Gasteiger partial charge in [0.1, 0.15) is 0 Å². The average molecular weight is 297 g/mol. The number of nitrogen functional groups attached to an aromatic ring is 1. The van der Waals surface area contributed by atoms with E-state index in [1.807, 2.05) is 12.1 Å². The standard InChI is InChI=1S/C12H13BrN2S/c1-8-3-2-4-10(14)12(8)15-7-9-5-6-11(13)16-9/h2-6,15H,7,14H2,1H3. The van der Waals surface area contributed by atoms with Gasteiger partial charge in [0.05, 0.1) is 15.2 Å². The Bertz CT molecular complexity index is 473. The molecule has 2 aromatic rings. The number of rotatable bonds is 3. The van der Waals surface area contributed by atoms with Crippen LogP contribution in [0.5, 0.6) is 0 Å². The van der Waals surface area contributed by atoms with E-state index >= 15 is 0 Å². The topological polar surface area (TPSA) is 38.0 Å². The molecule has 16 heavy (non-hydrogen) atoms. The highest BCUT2D eigenvalue weighted by Crippen LogP contribution is 2.26. The summed E-state index contributed by atoms with van der Waals surface area (Å²) in [5.74, 6) is 0. The van der Waals surface area contributed by atoms with Crippen molar-refractivity contribution in [2.75, 3.05) is 11.1 Å². The Morgan fingerprint density at radius 3 is 2.75 bits per heavy atom. The second-order valence-electron chi connectivity index (χ2n) is 3.60. The van der Waals surface area contributed by atoms with Crippen molar-refractivity contribution < 1.29 is 0 Å². The summed E-state index contributed by atoms with van der Waals surface area (Å²) in [5.41, 5.74) is 8.93. The van der Waals surface area contributed by atoms with E-state index < -0.39 is 0 Å². The lowest BCUT2D eigenvalue weighted by Crippen LogP contribution is -2.02. The fraction of sp³-hybridized carbons (Fsp3) is 0.167. The van der Waals surface area contributed by atoms with Crippen LogP contribution in [0.3, 0.4) is 0 Å². The Labute approximate surface area is 108 Å². The predicted octanol–water partition coefficient (Wildman–Crippen LogP) is 4.01. The first-order valence-electron chi connectivity index (χ1n) is 5.00. The van der Waals surface area contributed by atoms with Crippen LogP contribution in [0.1, 0.15) is 10.4 Å². The molecule has 0 bridgehead atoms. The minimum atomic E-state index is 0.802. The molecule has 1 aromatic heterocycles. The van der Waals surface area contributed by atoms with E-state index in [4.69, 9.17) is 5.73 Å². The molecule has 0 aliphatic heterocycles. The summed E-state index contributed by atoms with van der Waals surface area (Å²) in [4.78, 5) is 1.29. The SMILES string of the molecule is Cc1cccc(N)c1NCc1ccc(Br)s1. The van der Waals surface area contributed by atoms with Crippen LogP contribution in [0.2, 0.25) is 0 Å². The summed E-state index contributed by atoms with van der Waals surface area (Å²) < 4.78 is 1.15. The van der Waals surface area contributed by atoms with Crippen molar-refractivity contribution >= 4 is 38.6 Å². The number of anilines is 2. The first-order chi connectivity index (χ1) is 7.66. The van der Waals surface area contributed by atoms with Crippen molar-refractivity contribution in [1.82, 2.24) is 0 Å². The highest BCUT2D eigenvalue weighted by Gasteiger charge is 2.03. The Morgan fingerprint density at radius 2 is 2.12 bits per heavy atom. The smallest absolute Gasteiger partial charge is 0.0702 e. The molecule has 0 aliphatic rings. The van der Waals surface area contributed by atoms with Gasteiger partial charge in [0.2, 0.25) is 0 Å². The molecule has 0 aliphatic carbocycles. The Hall–Kier alpha value is -1.000. The van der Waals surface area contributed by atoms with Crippen LogP contribution < -0.4 is 11.1 Å². The van der Waals surface area contributed by atoms with Gasteiger partial charge >= 0.3 is 0 Å². The molecule has 2 nitrogen and oxygen atoms in total. The maximum Gasteiger partial charge on any atom is 0.0702 e. The molecule has 0 fully saturated rings. The molecule has 0 unspecified atom stereocenters. The predicted molar refractivity (Wildman–Crippen MR) is 74.9 cm³/mol. The van der Waals surface area contributed by atoms with Gasteiger partial charge < -0.3 is 11.1 Å². The molecule has 84 valence electrons. The van der Waals surface area contributed by atoms with Crippen LogP contribution in [0.25, 0.3) is 0 Å². The third kappa shape index (κ3) is 2.57. The van der Waals surface area contributed by atoms with Gasteiger partial charge in [0, 0.05) is 11.4 Å². The first kappa shape index (κ1) is 11.5. The number of hydrogen-bond acceptors (Lipinski definition) is 3. The first-order valence-corrected chi connectivity index (χ1v) is 6.61. The van der Waals surface area contributed by atoms with Gasteiger partial charge in [-0.3, -0.25) is 0 Å². The van der Waals surface area contributed by atoms with Crippen molar-refractivity contribution in [2.45, 2.75) is 13.5 Å². The molecule has 0 radical (unpaired) electrons. The zero-order valence-corrected chi connectivity index (χ0v) is 11.4. The third-order valence-electron chi connectivity index (χ3n) is 2.37. The third-order valence-corrected chi connectivity index (χ3v) is 4.00. The number of thiophene rings is 1. The lowest BCUT2D eigenvalue weighted by Gasteiger charge is -2.11. The molecule has 0 amide bonds. The fourth-order valence-electron chi connectivity index (χ4n) is 1.55. The molecule has 3 N–H and O–H groups in total. The van der Waals surface area contributed by atoms with E-state index in [9.17, 15) is 0 Å². The quantitative estimate of drug-likeness (QED) is 0.840. The van der Waals surface area contributed by atoms with Crippen molar-refractivity contribution in [1.29, 1.82) is 0 Å². The fourth-order valence-corrected chi connectivity index (χ4v) is 2.98. The summed E-state index contributed by atoms with van der Waals surface area (Å²) in [7, 11) is 0. The maximum atomic E-state index is 5.92. The van der Waals surface area contributed by atoms with Gasteiger partial charge in [-0.05, 0) is 46.6 Å². The van der Waals surface area contributed by atoms with E-state index in [2.05, 4.69) is 46.4 Å². The normalized spacial score (nSPS) is 10.4. The average Bonchev–Trinajstić information content (AvgIpc) is 2.63. The largest absolute Gasteiger partial charge is 0.397 e. The van der Waals surface area contributed by atoms with Crippen LogP contribution in [-0.2, 0) is 6.54 Å². The number of para-hydroxylation sites is 1. The molecular weight excluding hydrogens is 284 g/mol. The van der Waals surface area contributed by atoms with Gasteiger partial charge in [-0.15, -0.1) is 11.3 Å². The molecule has 0 atom stereocenters. The monoisotopic (exact) mass is 296 g/mol. The van der Waals surface area contributed by atoms with Crippen molar-refractivity contribution in [3.63, 3.8) is 0 Å². The summed E-state index contributed by atoms with van der Waals surface area (Å²) in [5, 5.41) is 3.38. The number of benzene rings is 1. The summed E-state index contributed by atoms with van der Waals surface area (Å²) in [6.45, 7) is 2.87. The van der Waals surface area contributed by atoms with Crippen LogP contribution in [0.4, 0.5) is 11.4 Å². The number of aryl methyl sites for hydroxylation is 1. The molecule has 1 aromatic carbocycles. The lowest BCUT2D eigenvalue weighted by molar-refractivity contribution is 1.18. The lowest BCUT2D eigenvalue weighted by atomic mass is 10.1. The van der Waals surface area contributed by atoms with E-state index in [-0.39, 0.29) is 0 Å². The van der Waals surface area contributed by atoms with Crippen LogP contribution >= 0.6 is 27.3 Å². The van der Waals surface area contributed by atoms with Crippen LogP contribution in [0.15, 0.2) is 34.1 Å². The molecule has 0 spiro atoms. The van der Waals surface area contributed by atoms with Gasteiger partial charge in [0.15, 0.2) is 0 Å². The minimum Gasteiger partial charge on any atom is -0.397 e. The Balaban J connectivity index is 2.10. The second-order valence-corrected chi connectivity index (χ2v) is 6.15. The molecule has 1 heterocycles. The van der Waals surface area contributed by atoms with Gasteiger partial charge in [-0.1, -0.05) is 12.1 Å². The van der Waals surface area contributed by atoms with Gasteiger partial charge in [-0.25, -0.2) is 0 Å². The minimum absolute atomic E-state index is 0.802. The van der Waals surface area contributed by atoms with Crippen LogP contribution in [-0.4, -0.2) is 0 Å². The van der Waals surface area contributed by atoms with E-state index in [1.165, 1.54) is 10.4 Å². The van der Waals surface area contributed by atoms with Gasteiger partial charge in [-0.2, -0.15) is 0 Å². The number of hydrogen-bond donors (Lipinski definition) is 2. The summed E-state index contributed by atoms with van der Waals surface area (Å²) >= 11 is 5.19. The van der Waals surface area contributed by atoms with Gasteiger partial charge in [0.25, 0.3) is 0 Å². The second kappa shape index (κ2) is 4.89. The van der Waals surface area contributed by atoms with Crippen molar-refractivity contribution in [3.8, 4) is 0 Å². The van der Waals surface area contributed by atoms with E-state index in [1.54, 1.807) is 11.3 Å². The zero-order valence-electron chi connectivity index (χ0n) is 8.96. The van der Waals surface area contributed by atoms with E-state index in [0.717, 1.165) is 21.7 Å². The number of nitrogens with one attached hydrogen (secondary N) is 1. The number of nitrogens with two attached hydrogens (primary N) is 1. The van der Waals surface area contributed by atoms with E-state index in [0.29, 0.717) is 0 Å². The summed E-state index contributed by atoms with van der Waals surface area (Å²) in [6, 6.07) is 10.1. The molecule has 2 rings (SSSR count). The highest BCUT2D eigenvalue weighted by atomic mass is 79.9. The molecular formula is C12H13BrN2S. The zero-order chi connectivity index (χ0) is 11.5. The summed E-state index contributed by atoms with van der Waals surface area (Å²) in [6.07, 6.45) is 0. The van der Waals surface area contributed by atoms with Crippen molar-refractivity contribution in [3.05, 3.63) is 44.6 Å². The van der Waals surface area contributed by atoms with Crippen LogP contribution in [0, 0.1) is 6.92 Å². The molecule has 0 saturated carbocycles. The Kier molecular flexibility index (Phi) is 3.51. The number of halogens is 1. The Morgan fingerprint density at radius 1 is 1.31 bits per heavy atom.